The van der Waals surface area contributed by atoms with E-state index in [1.165, 1.54) is 0 Å². The number of nitrogens with one attached hydrogen (secondary N) is 1. The van der Waals surface area contributed by atoms with Crippen molar-refractivity contribution in [1.29, 1.82) is 0 Å². The van der Waals surface area contributed by atoms with E-state index in [9.17, 15) is 4.79 Å². The summed E-state index contributed by atoms with van der Waals surface area (Å²) in [5.41, 5.74) is 0.544. The second-order valence-corrected chi connectivity index (χ2v) is 5.42. The fraction of sp³-hybridized carbons (Fsp3) is 0.200. The molecule has 1 aliphatic rings. The molecule has 2 aromatic rings. The minimum Gasteiger partial charge on any atom is -0.486 e. The van der Waals surface area contributed by atoms with Gasteiger partial charge in [-0.2, -0.15) is 0 Å². The Morgan fingerprint density at radius 2 is 2.14 bits per heavy atom. The first-order valence-corrected chi connectivity index (χ1v) is 7.29. The molecule has 0 bridgehead atoms. The SMILES string of the molecule is O=C(NCC1COc2ccccc2O1)c1ccncc1Br. The third-order valence-corrected chi connectivity index (χ3v) is 3.71. The zero-order valence-corrected chi connectivity index (χ0v) is 12.7. The molecule has 0 radical (unpaired) electrons. The summed E-state index contributed by atoms with van der Waals surface area (Å²) in [6.45, 7) is 0.788. The summed E-state index contributed by atoms with van der Waals surface area (Å²) in [6.07, 6.45) is 2.96. The predicted octanol–water partition coefficient (Wildman–Crippen LogP) is 2.41. The van der Waals surface area contributed by atoms with Gasteiger partial charge in [0.05, 0.1) is 12.1 Å². The van der Waals surface area contributed by atoms with Gasteiger partial charge in [-0.05, 0) is 34.1 Å². The van der Waals surface area contributed by atoms with Gasteiger partial charge in [-0.1, -0.05) is 12.1 Å². The molecule has 0 saturated heterocycles. The first-order chi connectivity index (χ1) is 10.2. The number of benzene rings is 1. The van der Waals surface area contributed by atoms with Crippen molar-refractivity contribution in [2.75, 3.05) is 13.2 Å². The number of fused-ring (bicyclic) bond motifs is 1. The van der Waals surface area contributed by atoms with E-state index >= 15 is 0 Å². The quantitative estimate of drug-likeness (QED) is 0.925. The van der Waals surface area contributed by atoms with E-state index in [1.807, 2.05) is 24.3 Å². The molecule has 2 heterocycles. The van der Waals surface area contributed by atoms with Gasteiger partial charge in [0.15, 0.2) is 11.5 Å². The van der Waals surface area contributed by atoms with Gasteiger partial charge >= 0.3 is 0 Å². The van der Waals surface area contributed by atoms with Crippen molar-refractivity contribution < 1.29 is 14.3 Å². The first kappa shape index (κ1) is 13.9. The van der Waals surface area contributed by atoms with E-state index in [1.54, 1.807) is 18.5 Å². The molecule has 1 aromatic heterocycles. The van der Waals surface area contributed by atoms with Crippen molar-refractivity contribution in [1.82, 2.24) is 10.3 Å². The Labute approximate surface area is 130 Å². The summed E-state index contributed by atoms with van der Waals surface area (Å²) >= 11 is 3.30. The fourth-order valence-electron chi connectivity index (χ4n) is 2.02. The topological polar surface area (TPSA) is 60.5 Å². The fourth-order valence-corrected chi connectivity index (χ4v) is 2.46. The van der Waals surface area contributed by atoms with Crippen molar-refractivity contribution in [2.24, 2.45) is 0 Å². The molecule has 5 nitrogen and oxygen atoms in total. The molecule has 0 fully saturated rings. The lowest BCUT2D eigenvalue weighted by Gasteiger charge is -2.26. The summed E-state index contributed by atoms with van der Waals surface area (Å²) in [5, 5.41) is 2.84. The third kappa shape index (κ3) is 3.16. The van der Waals surface area contributed by atoms with Crippen LogP contribution in [0, 0.1) is 0 Å². The number of hydrogen-bond acceptors (Lipinski definition) is 4. The second kappa shape index (κ2) is 6.13. The summed E-state index contributed by atoms with van der Waals surface area (Å²) < 4.78 is 12.0. The van der Waals surface area contributed by atoms with E-state index in [0.717, 1.165) is 5.75 Å². The Balaban J connectivity index is 1.59. The molecule has 0 aliphatic carbocycles. The van der Waals surface area contributed by atoms with Crippen LogP contribution in [-0.2, 0) is 0 Å². The predicted molar refractivity (Wildman–Crippen MR) is 80.6 cm³/mol. The molecule has 1 aromatic carbocycles. The number of amides is 1. The van der Waals surface area contributed by atoms with Gasteiger partial charge in [-0.3, -0.25) is 9.78 Å². The lowest BCUT2D eigenvalue weighted by atomic mass is 10.2. The second-order valence-electron chi connectivity index (χ2n) is 4.56. The molecule has 0 saturated carbocycles. The molecule has 0 spiro atoms. The Morgan fingerprint density at radius 1 is 1.33 bits per heavy atom. The average Bonchev–Trinajstić information content (AvgIpc) is 2.53. The third-order valence-electron chi connectivity index (χ3n) is 3.07. The molecule has 108 valence electrons. The Hall–Kier alpha value is -2.08. The highest BCUT2D eigenvalue weighted by molar-refractivity contribution is 9.10. The molecular formula is C15H13BrN2O3. The summed E-state index contributed by atoms with van der Waals surface area (Å²) in [7, 11) is 0. The highest BCUT2D eigenvalue weighted by atomic mass is 79.9. The van der Waals surface area contributed by atoms with E-state index in [4.69, 9.17) is 9.47 Å². The van der Waals surface area contributed by atoms with Crippen molar-refractivity contribution in [2.45, 2.75) is 6.10 Å². The van der Waals surface area contributed by atoms with Crippen LogP contribution in [0.2, 0.25) is 0 Å². The molecule has 1 N–H and O–H groups in total. The Kier molecular flexibility index (Phi) is 4.06. The highest BCUT2D eigenvalue weighted by Crippen LogP contribution is 2.30. The van der Waals surface area contributed by atoms with Gasteiger partial charge in [0.2, 0.25) is 0 Å². The molecule has 1 unspecified atom stereocenters. The smallest absolute Gasteiger partial charge is 0.252 e. The molecule has 1 amide bonds. The standard InChI is InChI=1S/C15H13BrN2O3/c16-12-8-17-6-5-11(12)15(19)18-7-10-9-20-13-3-1-2-4-14(13)21-10/h1-6,8,10H,7,9H2,(H,18,19). The number of hydrogen-bond donors (Lipinski definition) is 1. The van der Waals surface area contributed by atoms with Crippen LogP contribution in [0.4, 0.5) is 0 Å². The normalized spacial score (nSPS) is 16.3. The Morgan fingerprint density at radius 3 is 2.95 bits per heavy atom. The maximum atomic E-state index is 12.1. The average molecular weight is 349 g/mol. The molecule has 3 rings (SSSR count). The van der Waals surface area contributed by atoms with Gasteiger partial charge in [0.1, 0.15) is 12.7 Å². The number of pyridine rings is 1. The number of carbonyl (C=O) groups excluding carboxylic acids is 1. The number of aromatic nitrogens is 1. The van der Waals surface area contributed by atoms with Gasteiger partial charge in [0.25, 0.3) is 5.91 Å². The number of halogens is 1. The zero-order valence-electron chi connectivity index (χ0n) is 11.1. The van der Waals surface area contributed by atoms with E-state index < -0.39 is 0 Å². The maximum absolute atomic E-state index is 12.1. The zero-order chi connectivity index (χ0) is 14.7. The van der Waals surface area contributed by atoms with Crippen LogP contribution >= 0.6 is 15.9 Å². The molecule has 1 atom stereocenters. The number of ether oxygens (including phenoxy) is 2. The van der Waals surface area contributed by atoms with Crippen molar-refractivity contribution in [3.05, 3.63) is 52.8 Å². The summed E-state index contributed by atoms with van der Waals surface area (Å²) in [4.78, 5) is 16.0. The number of carbonyl (C=O) groups is 1. The lowest BCUT2D eigenvalue weighted by Crippen LogP contribution is -2.40. The van der Waals surface area contributed by atoms with Crippen molar-refractivity contribution in [3.8, 4) is 11.5 Å². The molecule has 21 heavy (non-hydrogen) atoms. The van der Waals surface area contributed by atoms with Crippen molar-refractivity contribution >= 4 is 21.8 Å². The number of rotatable bonds is 3. The van der Waals surface area contributed by atoms with Crippen LogP contribution in [0.1, 0.15) is 10.4 Å². The van der Waals surface area contributed by atoms with Gasteiger partial charge in [-0.25, -0.2) is 0 Å². The van der Waals surface area contributed by atoms with Gasteiger partial charge in [-0.15, -0.1) is 0 Å². The summed E-state index contributed by atoms with van der Waals surface area (Å²) in [5.74, 6) is 1.26. The van der Waals surface area contributed by atoms with Gasteiger partial charge in [0, 0.05) is 16.9 Å². The highest BCUT2D eigenvalue weighted by Gasteiger charge is 2.21. The first-order valence-electron chi connectivity index (χ1n) is 6.50. The Bertz CT molecular complexity index is 663. The number of nitrogens with zero attached hydrogens (tertiary/aromatic N) is 1. The van der Waals surface area contributed by atoms with Crippen LogP contribution in [0.5, 0.6) is 11.5 Å². The van der Waals surface area contributed by atoms with Crippen LogP contribution in [0.25, 0.3) is 0 Å². The van der Waals surface area contributed by atoms with E-state index in [2.05, 4.69) is 26.2 Å². The molecular weight excluding hydrogens is 336 g/mol. The maximum Gasteiger partial charge on any atom is 0.252 e. The van der Waals surface area contributed by atoms with Crippen LogP contribution in [0.15, 0.2) is 47.2 Å². The molecule has 1 aliphatic heterocycles. The summed E-state index contributed by atoms with van der Waals surface area (Å²) in [6, 6.07) is 9.15. The van der Waals surface area contributed by atoms with E-state index in [0.29, 0.717) is 28.9 Å². The van der Waals surface area contributed by atoms with Crippen LogP contribution in [0.3, 0.4) is 0 Å². The largest absolute Gasteiger partial charge is 0.486 e. The van der Waals surface area contributed by atoms with Crippen LogP contribution < -0.4 is 14.8 Å². The molecule has 6 heteroatoms. The van der Waals surface area contributed by atoms with Crippen LogP contribution in [-0.4, -0.2) is 30.1 Å². The van der Waals surface area contributed by atoms with Crippen molar-refractivity contribution in [3.63, 3.8) is 0 Å². The van der Waals surface area contributed by atoms with Gasteiger partial charge < -0.3 is 14.8 Å². The number of para-hydroxylation sites is 2. The minimum atomic E-state index is -0.204. The van der Waals surface area contributed by atoms with E-state index in [-0.39, 0.29) is 12.0 Å². The monoisotopic (exact) mass is 348 g/mol. The minimum absolute atomic E-state index is 0.174. The lowest BCUT2D eigenvalue weighted by molar-refractivity contribution is 0.0788.